The Labute approximate surface area is 131 Å². The van der Waals surface area contributed by atoms with Crippen LogP contribution in [0.3, 0.4) is 0 Å². The second-order valence-electron chi connectivity index (χ2n) is 6.15. The van der Waals surface area contributed by atoms with Crippen LogP contribution in [0.2, 0.25) is 0 Å². The average Bonchev–Trinajstić information content (AvgIpc) is 2.55. The van der Waals surface area contributed by atoms with Crippen molar-refractivity contribution in [3.05, 3.63) is 70.8 Å². The van der Waals surface area contributed by atoms with Crippen molar-refractivity contribution >= 4 is 5.78 Å². The third-order valence-corrected chi connectivity index (χ3v) is 4.50. The number of aliphatic hydroxyl groups excluding tert-OH is 1. The molecule has 2 aromatic rings. The molecule has 0 spiro atoms. The van der Waals surface area contributed by atoms with Gasteiger partial charge in [-0.2, -0.15) is 0 Å². The summed E-state index contributed by atoms with van der Waals surface area (Å²) in [6, 6.07) is 16.6. The molecule has 114 valence electrons. The summed E-state index contributed by atoms with van der Waals surface area (Å²) < 4.78 is 0. The Morgan fingerprint density at radius 1 is 0.773 bits per heavy atom. The van der Waals surface area contributed by atoms with Gasteiger partial charge in [0, 0.05) is 12.8 Å². The molecule has 1 atom stereocenters. The molecular formula is C20H22O2. The van der Waals surface area contributed by atoms with Crippen LogP contribution in [0, 0.1) is 0 Å². The lowest BCUT2D eigenvalue weighted by atomic mass is 9.90. The molecule has 4 rings (SSSR count). The molecule has 0 saturated carbocycles. The molecule has 2 nitrogen and oxygen atoms in total. The smallest absolute Gasteiger partial charge is 0.137 e. The maximum absolute atomic E-state index is 11.0. The molecule has 2 aliphatic rings. The summed E-state index contributed by atoms with van der Waals surface area (Å²) in [7, 11) is 0. The largest absolute Gasteiger partial charge is 0.393 e. The lowest BCUT2D eigenvalue weighted by Crippen LogP contribution is -2.18. The fraction of sp³-hybridized carbons (Fsp3) is 0.350. The van der Waals surface area contributed by atoms with Crippen LogP contribution in [-0.4, -0.2) is 17.0 Å². The van der Waals surface area contributed by atoms with Gasteiger partial charge in [0.25, 0.3) is 0 Å². The number of carbonyl (C=O) groups is 1. The predicted octanol–water partition coefficient (Wildman–Crippen LogP) is 3.28. The Bertz CT molecular complexity index is 660. The van der Waals surface area contributed by atoms with Crippen LogP contribution < -0.4 is 0 Å². The number of ketones is 1. The topological polar surface area (TPSA) is 37.3 Å². The molecule has 0 fully saturated rings. The third-order valence-electron chi connectivity index (χ3n) is 4.50. The van der Waals surface area contributed by atoms with Crippen molar-refractivity contribution in [1.29, 1.82) is 0 Å². The summed E-state index contributed by atoms with van der Waals surface area (Å²) in [4.78, 5) is 11.0. The molecule has 0 amide bonds. The van der Waals surface area contributed by atoms with E-state index >= 15 is 0 Å². The number of carbonyl (C=O) groups excluding carboxylic acids is 1. The normalized spacial score (nSPS) is 19.5. The molecule has 0 saturated heterocycles. The van der Waals surface area contributed by atoms with Gasteiger partial charge in [0.15, 0.2) is 0 Å². The zero-order valence-corrected chi connectivity index (χ0v) is 12.8. The highest BCUT2D eigenvalue weighted by Gasteiger charge is 2.15. The molecule has 1 N–H and O–H groups in total. The van der Waals surface area contributed by atoms with Crippen molar-refractivity contribution in [2.75, 3.05) is 0 Å². The molecule has 1 unspecified atom stereocenters. The van der Waals surface area contributed by atoms with Gasteiger partial charge in [0.2, 0.25) is 0 Å². The standard InChI is InChI=1S/C10H12O.C10H10O/c2*11-10-6-5-8-3-1-2-4-9(8)7-10/h1-4,10-11H,5-7H2;1-4H,5-7H2. The van der Waals surface area contributed by atoms with E-state index in [1.165, 1.54) is 22.3 Å². The van der Waals surface area contributed by atoms with E-state index in [1.807, 2.05) is 24.3 Å². The van der Waals surface area contributed by atoms with E-state index in [1.54, 1.807) is 0 Å². The fourth-order valence-electron chi connectivity index (χ4n) is 3.23. The number of hydrogen-bond acceptors (Lipinski definition) is 2. The summed E-state index contributed by atoms with van der Waals surface area (Å²) in [6.07, 6.45) is 5.03. The highest BCUT2D eigenvalue weighted by atomic mass is 16.3. The summed E-state index contributed by atoms with van der Waals surface area (Å²) in [5, 5.41) is 9.36. The monoisotopic (exact) mass is 294 g/mol. The van der Waals surface area contributed by atoms with Gasteiger partial charge >= 0.3 is 0 Å². The molecule has 2 aliphatic carbocycles. The van der Waals surface area contributed by atoms with Gasteiger partial charge in [-0.15, -0.1) is 0 Å². The van der Waals surface area contributed by atoms with E-state index in [4.69, 9.17) is 0 Å². The van der Waals surface area contributed by atoms with E-state index in [9.17, 15) is 9.90 Å². The summed E-state index contributed by atoms with van der Waals surface area (Å²) in [6.45, 7) is 0. The highest BCUT2D eigenvalue weighted by molar-refractivity contribution is 5.83. The van der Waals surface area contributed by atoms with Gasteiger partial charge < -0.3 is 5.11 Å². The minimum absolute atomic E-state index is 0.107. The van der Waals surface area contributed by atoms with Crippen LogP contribution in [-0.2, 0) is 30.5 Å². The number of rotatable bonds is 0. The van der Waals surface area contributed by atoms with Gasteiger partial charge in [-0.25, -0.2) is 0 Å². The van der Waals surface area contributed by atoms with Crippen molar-refractivity contribution in [2.24, 2.45) is 0 Å². The number of benzene rings is 2. The van der Waals surface area contributed by atoms with E-state index < -0.39 is 0 Å². The average molecular weight is 294 g/mol. The molecular weight excluding hydrogens is 272 g/mol. The number of Topliss-reactive ketones (excluding diaryl/α,β-unsaturated/α-hetero) is 1. The van der Waals surface area contributed by atoms with Crippen molar-refractivity contribution < 1.29 is 9.90 Å². The number of fused-ring (bicyclic) bond motifs is 2. The Balaban J connectivity index is 0.000000131. The Morgan fingerprint density at radius 3 is 2.09 bits per heavy atom. The summed E-state index contributed by atoms with van der Waals surface area (Å²) >= 11 is 0. The molecule has 0 bridgehead atoms. The van der Waals surface area contributed by atoms with Crippen LogP contribution >= 0.6 is 0 Å². The maximum Gasteiger partial charge on any atom is 0.137 e. The maximum atomic E-state index is 11.0. The van der Waals surface area contributed by atoms with Crippen LogP contribution in [0.4, 0.5) is 0 Å². The number of hydrogen-bond donors (Lipinski definition) is 1. The third kappa shape index (κ3) is 3.63. The van der Waals surface area contributed by atoms with Crippen LogP contribution in [0.25, 0.3) is 0 Å². The van der Waals surface area contributed by atoms with Gasteiger partial charge in [-0.05, 0) is 47.9 Å². The summed E-state index contributed by atoms with van der Waals surface area (Å²) in [5.74, 6) is 0.378. The van der Waals surface area contributed by atoms with Crippen molar-refractivity contribution in [3.8, 4) is 0 Å². The molecule has 0 heterocycles. The van der Waals surface area contributed by atoms with E-state index in [0.717, 1.165) is 32.1 Å². The van der Waals surface area contributed by atoms with Crippen molar-refractivity contribution in [1.82, 2.24) is 0 Å². The first-order chi connectivity index (χ1) is 10.7. The second kappa shape index (κ2) is 6.89. The van der Waals surface area contributed by atoms with E-state index in [2.05, 4.69) is 24.3 Å². The fourth-order valence-corrected chi connectivity index (χ4v) is 3.23. The summed E-state index contributed by atoms with van der Waals surface area (Å²) in [5.41, 5.74) is 5.32. The lowest BCUT2D eigenvalue weighted by molar-refractivity contribution is -0.118. The minimum Gasteiger partial charge on any atom is -0.393 e. The zero-order chi connectivity index (χ0) is 15.4. The first-order valence-corrected chi connectivity index (χ1v) is 8.05. The van der Waals surface area contributed by atoms with Gasteiger partial charge in [0.1, 0.15) is 5.78 Å². The van der Waals surface area contributed by atoms with Crippen LogP contribution in [0.15, 0.2) is 48.5 Å². The van der Waals surface area contributed by atoms with Gasteiger partial charge in [0.05, 0.1) is 6.10 Å². The molecule has 2 aromatic carbocycles. The van der Waals surface area contributed by atoms with Gasteiger partial charge in [-0.3, -0.25) is 4.79 Å². The Hall–Kier alpha value is -1.93. The van der Waals surface area contributed by atoms with Crippen LogP contribution in [0.5, 0.6) is 0 Å². The molecule has 0 radical (unpaired) electrons. The minimum atomic E-state index is -0.107. The first kappa shape index (κ1) is 15.0. The Kier molecular flexibility index (Phi) is 4.69. The van der Waals surface area contributed by atoms with E-state index in [-0.39, 0.29) is 6.10 Å². The molecule has 2 heteroatoms. The van der Waals surface area contributed by atoms with Crippen molar-refractivity contribution in [3.63, 3.8) is 0 Å². The molecule has 0 aliphatic heterocycles. The number of aryl methyl sites for hydroxylation is 2. The SMILES string of the molecule is O=C1CCc2ccccc2C1.OC1CCc2ccccc2C1. The molecule has 0 aromatic heterocycles. The second-order valence-corrected chi connectivity index (χ2v) is 6.15. The predicted molar refractivity (Wildman–Crippen MR) is 87.9 cm³/mol. The highest BCUT2D eigenvalue weighted by Crippen LogP contribution is 2.20. The lowest BCUT2D eigenvalue weighted by Gasteiger charge is -2.19. The first-order valence-electron chi connectivity index (χ1n) is 8.05. The van der Waals surface area contributed by atoms with Gasteiger partial charge in [-0.1, -0.05) is 48.5 Å². The van der Waals surface area contributed by atoms with Crippen molar-refractivity contribution in [2.45, 2.75) is 44.6 Å². The van der Waals surface area contributed by atoms with Crippen LogP contribution in [0.1, 0.15) is 35.1 Å². The Morgan fingerprint density at radius 2 is 1.36 bits per heavy atom. The zero-order valence-electron chi connectivity index (χ0n) is 12.8. The quantitative estimate of drug-likeness (QED) is 0.809. The molecule has 22 heavy (non-hydrogen) atoms. The number of aliphatic hydroxyl groups is 1. The van der Waals surface area contributed by atoms with E-state index in [0.29, 0.717) is 12.2 Å².